The van der Waals surface area contributed by atoms with E-state index in [9.17, 15) is 14.7 Å². The number of carbonyl (C=O) groups is 2. The molecule has 12 nitrogen and oxygen atoms in total. The number of aromatic amines is 1. The summed E-state index contributed by atoms with van der Waals surface area (Å²) in [7, 11) is 0. The van der Waals surface area contributed by atoms with Gasteiger partial charge in [0.15, 0.2) is 11.5 Å². The van der Waals surface area contributed by atoms with E-state index in [1.807, 2.05) is 6.92 Å². The van der Waals surface area contributed by atoms with Crippen molar-refractivity contribution in [2.45, 2.75) is 83.0 Å². The first-order valence-electron chi connectivity index (χ1n) is 12.3. The lowest BCUT2D eigenvalue weighted by atomic mass is 9.58. The van der Waals surface area contributed by atoms with Crippen molar-refractivity contribution in [3.8, 4) is 0 Å². The molecule has 3 N–H and O–H groups in total. The summed E-state index contributed by atoms with van der Waals surface area (Å²) in [6.07, 6.45) is 4.43. The van der Waals surface area contributed by atoms with E-state index < -0.39 is 35.6 Å². The topological polar surface area (TPSA) is 157 Å². The van der Waals surface area contributed by atoms with Crippen LogP contribution in [0.3, 0.4) is 0 Å². The lowest BCUT2D eigenvalue weighted by Gasteiger charge is -2.58. The molecule has 8 unspecified atom stereocenters. The van der Waals surface area contributed by atoms with Gasteiger partial charge >= 0.3 is 5.97 Å². The Morgan fingerprint density at radius 2 is 2.11 bits per heavy atom. The van der Waals surface area contributed by atoms with E-state index in [0.29, 0.717) is 17.6 Å². The highest BCUT2D eigenvalue weighted by Crippen LogP contribution is 2.59. The number of ether oxygens (including phenoxy) is 2. The van der Waals surface area contributed by atoms with Crippen LogP contribution in [0.15, 0.2) is 11.3 Å². The highest BCUT2D eigenvalue weighted by Gasteiger charge is 2.69. The van der Waals surface area contributed by atoms with Gasteiger partial charge in [-0.2, -0.15) is 5.10 Å². The fourth-order valence-corrected chi connectivity index (χ4v) is 6.21. The van der Waals surface area contributed by atoms with Crippen molar-refractivity contribution in [2.75, 3.05) is 6.54 Å². The molecule has 1 amide bonds. The number of H-pyrrole nitrogens is 1. The van der Waals surface area contributed by atoms with Crippen molar-refractivity contribution in [3.63, 3.8) is 0 Å². The lowest BCUT2D eigenvalue weighted by molar-refractivity contribution is -0.557. The molecule has 5 heterocycles. The average molecular weight is 492 g/mol. The molecule has 1 spiro atoms. The second-order valence-corrected chi connectivity index (χ2v) is 10.4. The van der Waals surface area contributed by atoms with Crippen LogP contribution in [-0.4, -0.2) is 68.3 Å². The number of carbonyl (C=O) groups excluding carboxylic acids is 1. The van der Waals surface area contributed by atoms with Crippen molar-refractivity contribution in [3.05, 3.63) is 12.2 Å². The highest BCUT2D eigenvalue weighted by atomic mass is 17.3. The number of rotatable bonds is 7. The van der Waals surface area contributed by atoms with Crippen molar-refractivity contribution in [1.82, 2.24) is 20.5 Å². The van der Waals surface area contributed by atoms with Gasteiger partial charge in [-0.3, -0.25) is 14.9 Å². The molecule has 0 aromatic carbocycles. The highest BCUT2D eigenvalue weighted by molar-refractivity contribution is 5.84. The van der Waals surface area contributed by atoms with E-state index in [0.717, 1.165) is 25.7 Å². The third kappa shape index (κ3) is 4.31. The van der Waals surface area contributed by atoms with Gasteiger partial charge in [0.1, 0.15) is 18.2 Å². The fraction of sp³-hybridized carbons (Fsp3) is 0.783. The van der Waals surface area contributed by atoms with Gasteiger partial charge in [-0.25, -0.2) is 19.6 Å². The van der Waals surface area contributed by atoms with Gasteiger partial charge in [0.2, 0.25) is 18.0 Å². The number of aliphatic imine (C=N–C) groups is 1. The Bertz CT molecular complexity index is 987. The van der Waals surface area contributed by atoms with Crippen LogP contribution in [-0.2, 0) is 35.3 Å². The van der Waals surface area contributed by atoms with Crippen molar-refractivity contribution in [1.29, 1.82) is 0 Å². The Hall–Kier alpha value is -2.57. The molecule has 5 fully saturated rings. The Balaban J connectivity index is 1.26. The van der Waals surface area contributed by atoms with E-state index in [1.165, 1.54) is 6.33 Å². The third-order valence-corrected chi connectivity index (χ3v) is 8.10. The zero-order valence-electron chi connectivity index (χ0n) is 20.2. The van der Waals surface area contributed by atoms with Crippen molar-refractivity contribution in [2.24, 2.45) is 28.7 Å². The first kappa shape index (κ1) is 24.1. The maximum absolute atomic E-state index is 12.4. The summed E-state index contributed by atoms with van der Waals surface area (Å²) in [5.41, 5.74) is -0.668. The number of amides is 1. The molecule has 5 aliphatic rings. The van der Waals surface area contributed by atoms with Crippen LogP contribution in [0.25, 0.3) is 0 Å². The Kier molecular flexibility index (Phi) is 6.30. The molecule has 1 saturated carbocycles. The summed E-state index contributed by atoms with van der Waals surface area (Å²) >= 11 is 0. The molecule has 35 heavy (non-hydrogen) atoms. The minimum absolute atomic E-state index is 0.0128. The molecule has 1 aromatic rings. The molecule has 1 aliphatic carbocycles. The monoisotopic (exact) mass is 491 g/mol. The summed E-state index contributed by atoms with van der Waals surface area (Å²) in [6.45, 7) is 6.37. The molecule has 0 radical (unpaired) electrons. The van der Waals surface area contributed by atoms with Gasteiger partial charge in [0.05, 0.1) is 6.54 Å². The molecular weight excluding hydrogens is 458 g/mol. The van der Waals surface area contributed by atoms with E-state index in [4.69, 9.17) is 19.2 Å². The summed E-state index contributed by atoms with van der Waals surface area (Å²) in [6, 6.07) is -1.11. The summed E-state index contributed by atoms with van der Waals surface area (Å²) in [5, 5.41) is 18.3. The molecule has 12 heteroatoms. The zero-order chi connectivity index (χ0) is 24.8. The number of fused-ring (bicyclic) bond motifs is 2. The van der Waals surface area contributed by atoms with Crippen molar-refractivity contribution >= 4 is 17.8 Å². The van der Waals surface area contributed by atoms with Gasteiger partial charge in [-0.1, -0.05) is 13.8 Å². The normalized spacial score (nSPS) is 39.9. The molecule has 192 valence electrons. The van der Waals surface area contributed by atoms with Gasteiger partial charge in [0.25, 0.3) is 0 Å². The van der Waals surface area contributed by atoms with Crippen LogP contribution in [0.4, 0.5) is 0 Å². The molecule has 4 saturated heterocycles. The van der Waals surface area contributed by atoms with E-state index in [2.05, 4.69) is 39.3 Å². The van der Waals surface area contributed by atoms with E-state index >= 15 is 0 Å². The van der Waals surface area contributed by atoms with Gasteiger partial charge in [-0.15, -0.1) is 0 Å². The second kappa shape index (κ2) is 9.14. The number of carboxylic acid groups (broad SMARTS) is 1. The molecule has 4 aliphatic heterocycles. The van der Waals surface area contributed by atoms with E-state index in [1.54, 1.807) is 0 Å². The number of aliphatic carboxylic acids is 1. The summed E-state index contributed by atoms with van der Waals surface area (Å²) < 4.78 is 12.6. The maximum atomic E-state index is 12.4. The van der Waals surface area contributed by atoms with Crippen LogP contribution in [0, 0.1) is 23.7 Å². The quantitative estimate of drug-likeness (QED) is 0.482. The van der Waals surface area contributed by atoms with Crippen molar-refractivity contribution < 1.29 is 33.9 Å². The first-order valence-corrected chi connectivity index (χ1v) is 12.3. The Morgan fingerprint density at radius 3 is 2.86 bits per heavy atom. The fourth-order valence-electron chi connectivity index (χ4n) is 6.21. The van der Waals surface area contributed by atoms with Gasteiger partial charge < -0.3 is 19.9 Å². The summed E-state index contributed by atoms with van der Waals surface area (Å²) in [5.74, 6) is -0.667. The minimum Gasteiger partial charge on any atom is -0.480 e. The number of nitrogens with zero attached hydrogens (tertiary/aromatic N) is 3. The molecular formula is C23H33N5O7. The predicted octanol–water partition coefficient (Wildman–Crippen LogP) is 1.59. The predicted molar refractivity (Wildman–Crippen MR) is 120 cm³/mol. The van der Waals surface area contributed by atoms with Crippen LogP contribution in [0.2, 0.25) is 0 Å². The lowest BCUT2D eigenvalue weighted by Crippen LogP contribution is -2.69. The molecule has 2 bridgehead atoms. The van der Waals surface area contributed by atoms with Gasteiger partial charge in [0, 0.05) is 37.0 Å². The Morgan fingerprint density at radius 1 is 1.29 bits per heavy atom. The average Bonchev–Trinajstić information content (AvgIpc) is 3.22. The third-order valence-electron chi connectivity index (χ3n) is 8.10. The van der Waals surface area contributed by atoms with E-state index in [-0.39, 0.29) is 37.1 Å². The van der Waals surface area contributed by atoms with Crippen LogP contribution >= 0.6 is 0 Å². The largest absolute Gasteiger partial charge is 0.480 e. The number of carboxylic acids is 1. The minimum atomic E-state index is -1.15. The number of hydrogen-bond donors (Lipinski definition) is 3. The smallest absolute Gasteiger partial charge is 0.326 e. The molecule has 1 aromatic heterocycles. The summed E-state index contributed by atoms with van der Waals surface area (Å²) in [4.78, 5) is 44.4. The van der Waals surface area contributed by atoms with Gasteiger partial charge in [-0.05, 0) is 32.1 Å². The second-order valence-electron chi connectivity index (χ2n) is 10.4. The Labute approximate surface area is 203 Å². The first-order chi connectivity index (χ1) is 16.7. The number of aromatic nitrogens is 3. The van der Waals surface area contributed by atoms with Crippen LogP contribution in [0.1, 0.15) is 58.7 Å². The standard InChI is InChI=1S/C23H33N5O7/c1-12-4-5-15-13(2)19(32-21-23(15)14(12)6-8-22(3,33-21)34-35-23)24-9-7-18(29)27-16(20(30)31)10-17-25-11-26-28-17/h11-16,21H,4-10H2,1-3H3,(H,27,29)(H,30,31)(H,25,26,28). The van der Waals surface area contributed by atoms with Crippen LogP contribution in [0.5, 0.6) is 0 Å². The number of nitrogens with one attached hydrogen (secondary N) is 2. The maximum Gasteiger partial charge on any atom is 0.326 e. The van der Waals surface area contributed by atoms with Crippen LogP contribution < -0.4 is 5.32 Å². The molecule has 8 atom stereocenters. The number of hydrogen-bond acceptors (Lipinski definition) is 9. The zero-order valence-corrected chi connectivity index (χ0v) is 20.2. The SMILES string of the molecule is CC1CCC2C(C)C(=NCCC(=O)NC(Cc3ncn[nH]3)C(=O)O)OC3OC4(C)CCC1C32OO4. The molecule has 6 rings (SSSR count).